The molecule has 2 N–H and O–H groups in total. The molecule has 2 rings (SSSR count). The molecule has 24 heavy (non-hydrogen) atoms. The highest BCUT2D eigenvalue weighted by molar-refractivity contribution is 5.94. The maximum absolute atomic E-state index is 12.6. The van der Waals surface area contributed by atoms with Gasteiger partial charge in [0.1, 0.15) is 0 Å². The summed E-state index contributed by atoms with van der Waals surface area (Å²) in [5.74, 6) is -0.806. The summed E-state index contributed by atoms with van der Waals surface area (Å²) in [6.07, 6.45) is 0.0472. The molecule has 0 aliphatic carbocycles. The van der Waals surface area contributed by atoms with E-state index in [9.17, 15) is 19.7 Å². The van der Waals surface area contributed by atoms with Gasteiger partial charge in [0.05, 0.1) is 4.92 Å². The van der Waals surface area contributed by atoms with Gasteiger partial charge in [0.15, 0.2) is 0 Å². The monoisotopic (exact) mass is 327 g/mol. The Morgan fingerprint density at radius 3 is 2.21 bits per heavy atom. The highest BCUT2D eigenvalue weighted by Crippen LogP contribution is 2.15. The minimum atomic E-state index is -0.525. The van der Waals surface area contributed by atoms with Crippen LogP contribution in [-0.4, -0.2) is 28.2 Å². The van der Waals surface area contributed by atoms with Gasteiger partial charge in [-0.15, -0.1) is 0 Å². The lowest BCUT2D eigenvalue weighted by atomic mass is 10.1. The highest BCUT2D eigenvalue weighted by Gasteiger charge is 2.18. The van der Waals surface area contributed by atoms with E-state index >= 15 is 0 Å². The average Bonchev–Trinajstić information content (AvgIpc) is 2.58. The number of nitro benzene ring substituents is 1. The summed E-state index contributed by atoms with van der Waals surface area (Å²) in [5, 5.41) is 10.7. The Labute approximate surface area is 138 Å². The molecule has 0 aliphatic heterocycles. The Hall–Kier alpha value is -3.22. The van der Waals surface area contributed by atoms with Gasteiger partial charge in [-0.05, 0) is 17.7 Å². The minimum absolute atomic E-state index is 0.0472. The molecule has 124 valence electrons. The molecule has 0 radical (unpaired) electrons. The molecule has 0 spiro atoms. The number of primary amides is 1. The van der Waals surface area contributed by atoms with Gasteiger partial charge in [-0.3, -0.25) is 19.7 Å². The molecule has 2 aromatic rings. The lowest BCUT2D eigenvalue weighted by Gasteiger charge is -2.22. The van der Waals surface area contributed by atoms with Crippen molar-refractivity contribution >= 4 is 17.5 Å². The van der Waals surface area contributed by atoms with Gasteiger partial charge < -0.3 is 10.6 Å². The predicted octanol–water partition coefficient (Wildman–Crippen LogP) is 2.11. The third-order valence-corrected chi connectivity index (χ3v) is 3.46. The van der Waals surface area contributed by atoms with E-state index in [1.165, 1.54) is 29.2 Å². The van der Waals surface area contributed by atoms with Gasteiger partial charge >= 0.3 is 0 Å². The van der Waals surface area contributed by atoms with E-state index in [1.54, 1.807) is 0 Å². The number of non-ortho nitro benzene ring substituents is 1. The van der Waals surface area contributed by atoms with Crippen molar-refractivity contribution in [1.82, 2.24) is 4.90 Å². The predicted molar refractivity (Wildman–Crippen MR) is 88.1 cm³/mol. The van der Waals surface area contributed by atoms with Crippen LogP contribution in [0.4, 0.5) is 5.69 Å². The highest BCUT2D eigenvalue weighted by atomic mass is 16.6. The normalized spacial score (nSPS) is 10.2. The number of nitrogens with zero attached hydrogens (tertiary/aromatic N) is 2. The number of hydrogen-bond acceptors (Lipinski definition) is 4. The molecule has 0 bridgehead atoms. The summed E-state index contributed by atoms with van der Waals surface area (Å²) in [6, 6.07) is 14.7. The lowest BCUT2D eigenvalue weighted by Crippen LogP contribution is -2.33. The van der Waals surface area contributed by atoms with Crippen LogP contribution in [0.25, 0.3) is 0 Å². The van der Waals surface area contributed by atoms with Crippen molar-refractivity contribution in [3.63, 3.8) is 0 Å². The van der Waals surface area contributed by atoms with E-state index < -0.39 is 10.8 Å². The Morgan fingerprint density at radius 2 is 1.67 bits per heavy atom. The summed E-state index contributed by atoms with van der Waals surface area (Å²) >= 11 is 0. The Morgan fingerprint density at radius 1 is 1.04 bits per heavy atom. The quantitative estimate of drug-likeness (QED) is 0.621. The fourth-order valence-corrected chi connectivity index (χ4v) is 2.21. The number of benzene rings is 2. The second-order valence-electron chi connectivity index (χ2n) is 5.23. The summed E-state index contributed by atoms with van der Waals surface area (Å²) in [7, 11) is 0. The fraction of sp³-hybridized carbons (Fsp3) is 0.176. The summed E-state index contributed by atoms with van der Waals surface area (Å²) in [5.41, 5.74) is 6.32. The number of rotatable bonds is 7. The molecule has 7 heteroatoms. The van der Waals surface area contributed by atoms with Crippen molar-refractivity contribution in [3.8, 4) is 0 Å². The number of nitro groups is 1. The first-order chi connectivity index (χ1) is 11.5. The molecule has 0 aromatic heterocycles. The first-order valence-corrected chi connectivity index (χ1v) is 7.33. The number of hydrogen-bond donors (Lipinski definition) is 1. The summed E-state index contributed by atoms with van der Waals surface area (Å²) < 4.78 is 0. The largest absolute Gasteiger partial charge is 0.370 e. The molecule has 7 nitrogen and oxygen atoms in total. The fourth-order valence-electron chi connectivity index (χ4n) is 2.21. The molecule has 2 amide bonds. The zero-order valence-electron chi connectivity index (χ0n) is 12.9. The SMILES string of the molecule is NC(=O)CCN(Cc1ccccc1)C(=O)c1ccc([N+](=O)[O-])cc1. The molecular weight excluding hydrogens is 310 g/mol. The van der Waals surface area contributed by atoms with Crippen molar-refractivity contribution in [1.29, 1.82) is 0 Å². The van der Waals surface area contributed by atoms with Crippen LogP contribution >= 0.6 is 0 Å². The van der Waals surface area contributed by atoms with Crippen LogP contribution in [0.1, 0.15) is 22.3 Å². The Balaban J connectivity index is 2.19. The Kier molecular flexibility index (Phi) is 5.62. The van der Waals surface area contributed by atoms with Crippen molar-refractivity contribution in [2.24, 2.45) is 5.73 Å². The number of carbonyl (C=O) groups excluding carboxylic acids is 2. The molecule has 2 aromatic carbocycles. The summed E-state index contributed by atoms with van der Waals surface area (Å²) in [4.78, 5) is 35.4. The molecule has 0 saturated carbocycles. The molecular formula is C17H17N3O4. The van der Waals surface area contributed by atoms with Crippen molar-refractivity contribution in [3.05, 3.63) is 75.8 Å². The summed E-state index contributed by atoms with van der Waals surface area (Å²) in [6.45, 7) is 0.504. The van der Waals surface area contributed by atoms with Crippen LogP contribution in [-0.2, 0) is 11.3 Å². The van der Waals surface area contributed by atoms with Crippen molar-refractivity contribution in [2.45, 2.75) is 13.0 Å². The number of carbonyl (C=O) groups is 2. The van der Waals surface area contributed by atoms with Crippen LogP contribution in [0.5, 0.6) is 0 Å². The van der Waals surface area contributed by atoms with Gasteiger partial charge in [-0.25, -0.2) is 0 Å². The standard InChI is InChI=1S/C17H17N3O4/c18-16(21)10-11-19(12-13-4-2-1-3-5-13)17(22)14-6-8-15(9-7-14)20(23)24/h1-9H,10-12H2,(H2,18,21). The second kappa shape index (κ2) is 7.87. The van der Waals surface area contributed by atoms with Crippen LogP contribution < -0.4 is 5.73 Å². The van der Waals surface area contributed by atoms with Gasteiger partial charge in [-0.2, -0.15) is 0 Å². The first-order valence-electron chi connectivity index (χ1n) is 7.33. The van der Waals surface area contributed by atoms with Gasteiger partial charge in [0, 0.05) is 37.2 Å². The third kappa shape index (κ3) is 4.64. The van der Waals surface area contributed by atoms with Crippen LogP contribution in [0, 0.1) is 10.1 Å². The van der Waals surface area contributed by atoms with Crippen LogP contribution in [0.15, 0.2) is 54.6 Å². The van der Waals surface area contributed by atoms with E-state index in [4.69, 9.17) is 5.73 Å². The molecule has 0 fully saturated rings. The third-order valence-electron chi connectivity index (χ3n) is 3.46. The maximum Gasteiger partial charge on any atom is 0.269 e. The van der Waals surface area contributed by atoms with E-state index in [-0.39, 0.29) is 24.6 Å². The van der Waals surface area contributed by atoms with E-state index in [2.05, 4.69) is 0 Å². The van der Waals surface area contributed by atoms with Crippen LogP contribution in [0.2, 0.25) is 0 Å². The van der Waals surface area contributed by atoms with E-state index in [1.807, 2.05) is 30.3 Å². The van der Waals surface area contributed by atoms with E-state index in [0.717, 1.165) is 5.56 Å². The smallest absolute Gasteiger partial charge is 0.269 e. The van der Waals surface area contributed by atoms with Crippen molar-refractivity contribution in [2.75, 3.05) is 6.54 Å². The lowest BCUT2D eigenvalue weighted by molar-refractivity contribution is -0.384. The van der Waals surface area contributed by atoms with Crippen molar-refractivity contribution < 1.29 is 14.5 Å². The molecule has 0 unspecified atom stereocenters. The average molecular weight is 327 g/mol. The topological polar surface area (TPSA) is 107 Å². The van der Waals surface area contributed by atoms with E-state index in [0.29, 0.717) is 12.1 Å². The molecule has 0 heterocycles. The maximum atomic E-state index is 12.6. The van der Waals surface area contributed by atoms with Gasteiger partial charge in [0.25, 0.3) is 11.6 Å². The molecule has 0 atom stereocenters. The number of nitrogens with two attached hydrogens (primary N) is 1. The van der Waals surface area contributed by atoms with Crippen LogP contribution in [0.3, 0.4) is 0 Å². The zero-order chi connectivity index (χ0) is 17.5. The first kappa shape index (κ1) is 17.1. The Bertz CT molecular complexity index is 729. The minimum Gasteiger partial charge on any atom is -0.370 e. The number of amides is 2. The zero-order valence-corrected chi connectivity index (χ0v) is 12.9. The molecule has 0 saturated heterocycles. The second-order valence-corrected chi connectivity index (χ2v) is 5.23. The van der Waals surface area contributed by atoms with Gasteiger partial charge in [0.2, 0.25) is 5.91 Å². The van der Waals surface area contributed by atoms with Gasteiger partial charge in [-0.1, -0.05) is 30.3 Å². The molecule has 0 aliphatic rings.